The lowest BCUT2D eigenvalue weighted by atomic mass is 10.2. The van der Waals surface area contributed by atoms with Gasteiger partial charge in [-0.3, -0.25) is 0 Å². The third kappa shape index (κ3) is 3.82. The van der Waals surface area contributed by atoms with Gasteiger partial charge in [0.15, 0.2) is 0 Å². The smallest absolute Gasteiger partial charge is 0.140 e. The molecule has 0 unspecified atom stereocenters. The average molecular weight is 347 g/mol. The number of hydrogen-bond acceptors (Lipinski definition) is 3. The van der Waals surface area contributed by atoms with Gasteiger partial charge in [0.1, 0.15) is 12.4 Å². The van der Waals surface area contributed by atoms with Gasteiger partial charge >= 0.3 is 0 Å². The zero-order valence-corrected chi connectivity index (χ0v) is 13.3. The first-order valence-corrected chi connectivity index (χ1v) is 7.66. The third-order valence-electron chi connectivity index (χ3n) is 2.40. The van der Waals surface area contributed by atoms with Crippen molar-refractivity contribution in [3.05, 3.63) is 49.1 Å². The summed E-state index contributed by atoms with van der Waals surface area (Å²) in [4.78, 5) is 1.01. The van der Waals surface area contributed by atoms with E-state index in [1.807, 2.05) is 11.4 Å². The second-order valence-electron chi connectivity index (χ2n) is 3.75. The fraction of sp³-hybridized carbons (Fsp3) is 0.143. The van der Waals surface area contributed by atoms with E-state index >= 15 is 0 Å². The molecule has 2 nitrogen and oxygen atoms in total. The van der Waals surface area contributed by atoms with Crippen molar-refractivity contribution in [1.29, 1.82) is 0 Å². The van der Waals surface area contributed by atoms with E-state index in [0.717, 1.165) is 10.4 Å². The summed E-state index contributed by atoms with van der Waals surface area (Å²) in [5, 5.41) is 3.18. The Labute approximate surface area is 136 Å². The van der Waals surface area contributed by atoms with Crippen LogP contribution in [0.2, 0.25) is 15.1 Å². The van der Waals surface area contributed by atoms with Crippen molar-refractivity contribution in [1.82, 2.24) is 0 Å². The van der Waals surface area contributed by atoms with Crippen molar-refractivity contribution >= 4 is 46.1 Å². The highest BCUT2D eigenvalue weighted by atomic mass is 35.5. The second-order valence-corrected chi connectivity index (χ2v) is 5.97. The quantitative estimate of drug-likeness (QED) is 0.651. The van der Waals surface area contributed by atoms with Crippen LogP contribution < -0.4 is 10.5 Å². The molecule has 0 aliphatic heterocycles. The van der Waals surface area contributed by atoms with Gasteiger partial charge in [-0.1, -0.05) is 46.6 Å². The van der Waals surface area contributed by atoms with E-state index in [1.54, 1.807) is 23.5 Å². The number of halogens is 3. The highest BCUT2D eigenvalue weighted by Gasteiger charge is 2.09. The van der Waals surface area contributed by atoms with Crippen LogP contribution in [0.5, 0.6) is 5.75 Å². The predicted molar refractivity (Wildman–Crippen MR) is 86.1 cm³/mol. The summed E-state index contributed by atoms with van der Waals surface area (Å²) in [7, 11) is 0. The summed E-state index contributed by atoms with van der Waals surface area (Å²) in [6, 6.07) is 5.10. The summed E-state index contributed by atoms with van der Waals surface area (Å²) < 4.78 is 5.67. The fourth-order valence-corrected chi connectivity index (χ4v) is 2.80. The van der Waals surface area contributed by atoms with Crippen LogP contribution in [0.4, 0.5) is 0 Å². The molecule has 0 fully saturated rings. The standard InChI is InChI=1S/C14H10Cl3NOS/c15-10-6-12(17)13(7-11(10)16)19-8-14-9(2-1-4-18)3-5-20-14/h3,5-7H,4,8,18H2. The van der Waals surface area contributed by atoms with E-state index < -0.39 is 0 Å². The van der Waals surface area contributed by atoms with Gasteiger partial charge in [-0.05, 0) is 17.5 Å². The summed E-state index contributed by atoms with van der Waals surface area (Å²) in [6.07, 6.45) is 0. The molecule has 2 aromatic rings. The lowest BCUT2D eigenvalue weighted by Gasteiger charge is -2.08. The minimum atomic E-state index is 0.328. The molecule has 0 saturated heterocycles. The number of nitrogens with two attached hydrogens (primary N) is 1. The lowest BCUT2D eigenvalue weighted by Crippen LogP contribution is -1.97. The first-order valence-electron chi connectivity index (χ1n) is 5.64. The summed E-state index contributed by atoms with van der Waals surface area (Å²) in [5.74, 6) is 6.31. The number of ether oxygens (including phenoxy) is 1. The topological polar surface area (TPSA) is 35.2 Å². The van der Waals surface area contributed by atoms with Crippen LogP contribution in [0.3, 0.4) is 0 Å². The Kier molecular flexibility index (Phi) is 5.59. The Hall–Kier alpha value is -0.890. The SMILES string of the molecule is NCC#Cc1ccsc1COc1cc(Cl)c(Cl)cc1Cl. The summed E-state index contributed by atoms with van der Waals surface area (Å²) in [6.45, 7) is 0.693. The van der Waals surface area contributed by atoms with Crippen LogP contribution in [0.1, 0.15) is 10.4 Å². The van der Waals surface area contributed by atoms with Gasteiger partial charge in [0.25, 0.3) is 0 Å². The molecule has 104 valence electrons. The zero-order chi connectivity index (χ0) is 14.5. The fourth-order valence-electron chi connectivity index (χ4n) is 1.47. The highest BCUT2D eigenvalue weighted by Crippen LogP contribution is 2.34. The van der Waals surface area contributed by atoms with Crippen molar-refractivity contribution in [2.24, 2.45) is 5.73 Å². The predicted octanol–water partition coefficient (Wildman–Crippen LogP) is 4.60. The van der Waals surface area contributed by atoms with Crippen molar-refractivity contribution in [3.8, 4) is 17.6 Å². The van der Waals surface area contributed by atoms with Crippen LogP contribution >= 0.6 is 46.1 Å². The molecule has 1 aromatic carbocycles. The molecule has 6 heteroatoms. The Morgan fingerprint density at radius 1 is 1.15 bits per heavy atom. The lowest BCUT2D eigenvalue weighted by molar-refractivity contribution is 0.310. The molecule has 0 aliphatic rings. The highest BCUT2D eigenvalue weighted by molar-refractivity contribution is 7.10. The Morgan fingerprint density at radius 2 is 1.90 bits per heavy atom. The largest absolute Gasteiger partial charge is 0.486 e. The van der Waals surface area contributed by atoms with Gasteiger partial charge < -0.3 is 10.5 Å². The third-order valence-corrected chi connectivity index (χ3v) is 4.32. The number of thiophene rings is 1. The van der Waals surface area contributed by atoms with Crippen molar-refractivity contribution in [2.75, 3.05) is 6.54 Å². The molecule has 0 saturated carbocycles. The van der Waals surface area contributed by atoms with Crippen molar-refractivity contribution in [3.63, 3.8) is 0 Å². The molecule has 0 bridgehead atoms. The normalized spacial score (nSPS) is 10.0. The minimum absolute atomic E-state index is 0.328. The molecule has 2 N–H and O–H groups in total. The summed E-state index contributed by atoms with van der Waals surface area (Å²) >= 11 is 19.4. The molecule has 2 rings (SSSR count). The van der Waals surface area contributed by atoms with Gasteiger partial charge in [0.05, 0.1) is 26.5 Å². The molecule has 1 heterocycles. The van der Waals surface area contributed by atoms with E-state index in [9.17, 15) is 0 Å². The van der Waals surface area contributed by atoms with Crippen LogP contribution in [0.25, 0.3) is 0 Å². The maximum Gasteiger partial charge on any atom is 0.140 e. The molecule has 0 radical (unpaired) electrons. The van der Waals surface area contributed by atoms with Gasteiger partial charge in [-0.15, -0.1) is 11.3 Å². The first kappa shape index (κ1) is 15.5. The van der Waals surface area contributed by atoms with Crippen molar-refractivity contribution < 1.29 is 4.74 Å². The van der Waals surface area contributed by atoms with Crippen LogP contribution in [-0.2, 0) is 6.61 Å². The maximum atomic E-state index is 6.06. The number of rotatable bonds is 3. The van der Waals surface area contributed by atoms with E-state index in [-0.39, 0.29) is 0 Å². The molecule has 1 aromatic heterocycles. The zero-order valence-electron chi connectivity index (χ0n) is 10.3. The number of hydrogen-bond donors (Lipinski definition) is 1. The van der Waals surface area contributed by atoms with E-state index in [4.69, 9.17) is 45.3 Å². The van der Waals surface area contributed by atoms with Gasteiger partial charge in [0.2, 0.25) is 0 Å². The second kappa shape index (κ2) is 7.21. The average Bonchev–Trinajstić information content (AvgIpc) is 2.86. The van der Waals surface area contributed by atoms with Gasteiger partial charge in [0, 0.05) is 11.6 Å². The molecule has 0 atom stereocenters. The molecule has 0 amide bonds. The van der Waals surface area contributed by atoms with Gasteiger partial charge in [-0.2, -0.15) is 0 Å². The van der Waals surface area contributed by atoms with Gasteiger partial charge in [-0.25, -0.2) is 0 Å². The van der Waals surface area contributed by atoms with E-state index in [1.165, 1.54) is 0 Å². The Balaban J connectivity index is 2.13. The van der Waals surface area contributed by atoms with Crippen molar-refractivity contribution in [2.45, 2.75) is 6.61 Å². The first-order chi connectivity index (χ1) is 9.61. The molecular formula is C14H10Cl3NOS. The Bertz CT molecular complexity index is 673. The monoisotopic (exact) mass is 345 g/mol. The van der Waals surface area contributed by atoms with Crippen LogP contribution in [-0.4, -0.2) is 6.54 Å². The Morgan fingerprint density at radius 3 is 2.65 bits per heavy atom. The molecule has 20 heavy (non-hydrogen) atoms. The minimum Gasteiger partial charge on any atom is -0.486 e. The summed E-state index contributed by atoms with van der Waals surface area (Å²) in [5.41, 5.74) is 6.28. The molecular weight excluding hydrogens is 337 g/mol. The number of benzene rings is 1. The molecule has 0 aliphatic carbocycles. The molecule has 0 spiro atoms. The van der Waals surface area contributed by atoms with Crippen LogP contribution in [0, 0.1) is 11.8 Å². The van der Waals surface area contributed by atoms with E-state index in [2.05, 4.69) is 11.8 Å². The van der Waals surface area contributed by atoms with E-state index in [0.29, 0.717) is 34.0 Å². The maximum absolute atomic E-state index is 6.06. The van der Waals surface area contributed by atoms with Crippen LogP contribution in [0.15, 0.2) is 23.6 Å².